The van der Waals surface area contributed by atoms with Gasteiger partial charge in [-0.3, -0.25) is 4.79 Å². The van der Waals surface area contributed by atoms with Crippen molar-refractivity contribution in [3.8, 4) is 11.5 Å². The first-order chi connectivity index (χ1) is 8.50. The summed E-state index contributed by atoms with van der Waals surface area (Å²) in [5, 5.41) is 21.6. The first kappa shape index (κ1) is 12.7. The molecule has 1 unspecified atom stereocenters. The third-order valence-corrected chi connectivity index (χ3v) is 3.15. The van der Waals surface area contributed by atoms with Crippen LogP contribution in [-0.4, -0.2) is 34.9 Å². The van der Waals surface area contributed by atoms with Crippen molar-refractivity contribution >= 4 is 5.91 Å². The summed E-state index contributed by atoms with van der Waals surface area (Å²) < 4.78 is 5.55. The van der Waals surface area contributed by atoms with E-state index in [9.17, 15) is 15.0 Å². The Kier molecular flexibility index (Phi) is 3.43. The highest BCUT2D eigenvalue weighted by Gasteiger charge is 2.30. The number of phenolic OH excluding ortho intramolecular Hbond substituents is 2. The molecule has 2 rings (SSSR count). The number of aromatic hydroxyl groups is 2. The molecule has 1 saturated heterocycles. The van der Waals surface area contributed by atoms with Crippen molar-refractivity contribution in [2.45, 2.75) is 25.4 Å². The van der Waals surface area contributed by atoms with Gasteiger partial charge in [0.05, 0.1) is 11.2 Å². The monoisotopic (exact) mass is 251 g/mol. The lowest BCUT2D eigenvalue weighted by atomic mass is 10.0. The van der Waals surface area contributed by atoms with Crippen LogP contribution in [0, 0.1) is 0 Å². The van der Waals surface area contributed by atoms with E-state index < -0.39 is 5.91 Å². The van der Waals surface area contributed by atoms with Crippen molar-refractivity contribution in [2.75, 3.05) is 13.2 Å². The maximum absolute atomic E-state index is 11.9. The fourth-order valence-electron chi connectivity index (χ4n) is 2.04. The lowest BCUT2D eigenvalue weighted by Crippen LogP contribution is -2.40. The number of phenols is 2. The second-order valence-corrected chi connectivity index (χ2v) is 4.79. The Balaban J connectivity index is 2.01. The smallest absolute Gasteiger partial charge is 0.255 e. The number of hydrogen-bond acceptors (Lipinski definition) is 4. The van der Waals surface area contributed by atoms with Crippen LogP contribution >= 0.6 is 0 Å². The van der Waals surface area contributed by atoms with Crippen molar-refractivity contribution in [3.63, 3.8) is 0 Å². The zero-order valence-electron chi connectivity index (χ0n) is 10.3. The zero-order chi connectivity index (χ0) is 13.2. The van der Waals surface area contributed by atoms with E-state index in [1.54, 1.807) is 0 Å². The van der Waals surface area contributed by atoms with E-state index in [0.717, 1.165) is 12.8 Å². The second-order valence-electron chi connectivity index (χ2n) is 4.79. The van der Waals surface area contributed by atoms with E-state index in [4.69, 9.17) is 4.74 Å². The topological polar surface area (TPSA) is 78.8 Å². The van der Waals surface area contributed by atoms with Crippen molar-refractivity contribution in [2.24, 2.45) is 0 Å². The van der Waals surface area contributed by atoms with Gasteiger partial charge in [-0.15, -0.1) is 0 Å². The molecule has 0 saturated carbocycles. The summed E-state index contributed by atoms with van der Waals surface area (Å²) in [6.45, 7) is 3.05. The number of carbonyl (C=O) groups excluding carboxylic acids is 1. The van der Waals surface area contributed by atoms with Gasteiger partial charge in [-0.2, -0.15) is 0 Å². The van der Waals surface area contributed by atoms with Crippen LogP contribution in [0.4, 0.5) is 0 Å². The van der Waals surface area contributed by atoms with Gasteiger partial charge in [0.15, 0.2) is 0 Å². The van der Waals surface area contributed by atoms with Gasteiger partial charge in [0, 0.05) is 13.2 Å². The molecule has 1 atom stereocenters. The summed E-state index contributed by atoms with van der Waals surface area (Å²) in [7, 11) is 0. The molecule has 0 bridgehead atoms. The van der Waals surface area contributed by atoms with Crippen LogP contribution in [0.2, 0.25) is 0 Å². The minimum atomic E-state index is -0.417. The molecule has 1 aromatic rings. The van der Waals surface area contributed by atoms with Gasteiger partial charge in [0.1, 0.15) is 11.5 Å². The molecule has 0 aliphatic carbocycles. The minimum Gasteiger partial charge on any atom is -0.508 e. The Hall–Kier alpha value is -1.75. The third kappa shape index (κ3) is 2.73. The Bertz CT molecular complexity index is 452. The van der Waals surface area contributed by atoms with E-state index >= 15 is 0 Å². The number of benzene rings is 1. The first-order valence-electron chi connectivity index (χ1n) is 5.94. The quantitative estimate of drug-likeness (QED) is 0.709. The summed E-state index contributed by atoms with van der Waals surface area (Å²) in [6.07, 6.45) is 1.89. The number of amides is 1. The first-order valence-corrected chi connectivity index (χ1v) is 5.94. The molecule has 98 valence electrons. The molecule has 5 nitrogen and oxygen atoms in total. The van der Waals surface area contributed by atoms with Crippen molar-refractivity contribution in [3.05, 3.63) is 23.8 Å². The van der Waals surface area contributed by atoms with Crippen LogP contribution in [0.15, 0.2) is 18.2 Å². The number of hydrogen-bond donors (Lipinski definition) is 3. The predicted octanol–water partition coefficient (Wildman–Crippen LogP) is 1.40. The van der Waals surface area contributed by atoms with E-state index in [1.165, 1.54) is 18.2 Å². The SMILES string of the molecule is CC1(CNC(=O)c2cc(O)ccc2O)CCCO1. The van der Waals surface area contributed by atoms with Crippen molar-refractivity contribution in [1.29, 1.82) is 0 Å². The standard InChI is InChI=1S/C13H17NO4/c1-13(5-2-6-18-13)8-14-12(17)10-7-9(15)3-4-11(10)16/h3-4,7,15-16H,2,5-6,8H2,1H3,(H,14,17). The van der Waals surface area contributed by atoms with E-state index in [2.05, 4.69) is 5.32 Å². The van der Waals surface area contributed by atoms with Crippen LogP contribution in [-0.2, 0) is 4.74 Å². The Labute approximate surface area is 105 Å². The lowest BCUT2D eigenvalue weighted by molar-refractivity contribution is 0.0205. The molecule has 18 heavy (non-hydrogen) atoms. The maximum Gasteiger partial charge on any atom is 0.255 e. The molecule has 0 radical (unpaired) electrons. The Morgan fingerprint density at radius 1 is 1.50 bits per heavy atom. The molecule has 3 N–H and O–H groups in total. The molecule has 1 aliphatic rings. The van der Waals surface area contributed by atoms with Gasteiger partial charge >= 0.3 is 0 Å². The highest BCUT2D eigenvalue weighted by molar-refractivity contribution is 5.97. The fraction of sp³-hybridized carbons (Fsp3) is 0.462. The number of nitrogens with one attached hydrogen (secondary N) is 1. The molecule has 0 aromatic heterocycles. The highest BCUT2D eigenvalue weighted by atomic mass is 16.5. The van der Waals surface area contributed by atoms with Crippen LogP contribution in [0.1, 0.15) is 30.1 Å². The van der Waals surface area contributed by atoms with Gasteiger partial charge in [0.2, 0.25) is 0 Å². The third-order valence-electron chi connectivity index (χ3n) is 3.15. The van der Waals surface area contributed by atoms with Crippen LogP contribution < -0.4 is 5.32 Å². The lowest BCUT2D eigenvalue weighted by Gasteiger charge is -2.23. The van der Waals surface area contributed by atoms with Crippen LogP contribution in [0.25, 0.3) is 0 Å². The van der Waals surface area contributed by atoms with Crippen LogP contribution in [0.5, 0.6) is 11.5 Å². The second kappa shape index (κ2) is 4.86. The minimum absolute atomic E-state index is 0.0544. The molecular formula is C13H17NO4. The molecule has 5 heteroatoms. The highest BCUT2D eigenvalue weighted by Crippen LogP contribution is 2.25. The summed E-state index contributed by atoms with van der Waals surface area (Å²) in [6, 6.07) is 3.86. The van der Waals surface area contributed by atoms with Crippen molar-refractivity contribution < 1.29 is 19.7 Å². The fourth-order valence-corrected chi connectivity index (χ4v) is 2.04. The zero-order valence-corrected chi connectivity index (χ0v) is 10.3. The van der Waals surface area contributed by atoms with Gasteiger partial charge in [-0.25, -0.2) is 0 Å². The Morgan fingerprint density at radius 2 is 2.28 bits per heavy atom. The molecule has 1 amide bonds. The largest absolute Gasteiger partial charge is 0.508 e. The maximum atomic E-state index is 11.9. The van der Waals surface area contributed by atoms with Gasteiger partial charge in [0.25, 0.3) is 5.91 Å². The molecule has 1 fully saturated rings. The summed E-state index contributed by atoms with van der Waals surface area (Å²) in [5.74, 6) is -0.621. The van der Waals surface area contributed by atoms with E-state index in [-0.39, 0.29) is 22.7 Å². The van der Waals surface area contributed by atoms with Gasteiger partial charge in [-0.05, 0) is 38.0 Å². The number of carbonyl (C=O) groups is 1. The molecule has 1 aliphatic heterocycles. The average Bonchev–Trinajstić information content (AvgIpc) is 2.77. The molecule has 1 aromatic carbocycles. The van der Waals surface area contributed by atoms with Crippen LogP contribution in [0.3, 0.4) is 0 Å². The summed E-state index contributed by atoms with van der Waals surface area (Å²) in [4.78, 5) is 11.9. The summed E-state index contributed by atoms with van der Waals surface area (Å²) >= 11 is 0. The average molecular weight is 251 g/mol. The van der Waals surface area contributed by atoms with Gasteiger partial charge in [-0.1, -0.05) is 0 Å². The predicted molar refractivity (Wildman–Crippen MR) is 65.7 cm³/mol. The number of rotatable bonds is 3. The van der Waals surface area contributed by atoms with E-state index in [1.807, 2.05) is 6.92 Å². The molecule has 1 heterocycles. The van der Waals surface area contributed by atoms with E-state index in [0.29, 0.717) is 13.2 Å². The molecular weight excluding hydrogens is 234 g/mol. The normalized spacial score (nSPS) is 22.9. The number of ether oxygens (including phenoxy) is 1. The Morgan fingerprint density at radius 3 is 2.94 bits per heavy atom. The summed E-state index contributed by atoms with van der Waals surface area (Å²) in [5.41, 5.74) is -0.265. The van der Waals surface area contributed by atoms with Crippen molar-refractivity contribution in [1.82, 2.24) is 5.32 Å². The van der Waals surface area contributed by atoms with Gasteiger partial charge < -0.3 is 20.3 Å². The molecule has 0 spiro atoms.